The Hall–Kier alpha value is -3.23. The average Bonchev–Trinajstić information content (AvgIpc) is 3.36. The molecule has 1 fully saturated rings. The molecule has 1 saturated heterocycles. The van der Waals surface area contributed by atoms with Gasteiger partial charge in [0.1, 0.15) is 5.82 Å². The highest BCUT2D eigenvalue weighted by Gasteiger charge is 2.24. The van der Waals surface area contributed by atoms with E-state index in [2.05, 4.69) is 27.1 Å². The molecule has 0 aromatic heterocycles. The number of hydrogen-bond acceptors (Lipinski definition) is 4. The number of benzene rings is 3. The van der Waals surface area contributed by atoms with Crippen LogP contribution in [0.25, 0.3) is 0 Å². The molecule has 1 aliphatic heterocycles. The van der Waals surface area contributed by atoms with E-state index in [4.69, 9.17) is 0 Å². The predicted molar refractivity (Wildman–Crippen MR) is 126 cm³/mol. The number of carbonyl (C=O) groups is 1. The summed E-state index contributed by atoms with van der Waals surface area (Å²) in [6, 6.07) is 21.0. The van der Waals surface area contributed by atoms with Gasteiger partial charge in [0.15, 0.2) is 0 Å². The number of halogens is 1. The predicted octanol–water partition coefficient (Wildman–Crippen LogP) is 4.19. The smallest absolute Gasteiger partial charge is 0.261 e. The van der Waals surface area contributed by atoms with E-state index in [1.165, 1.54) is 48.5 Å². The number of carbonyl (C=O) groups excluding carboxylic acids is 1. The van der Waals surface area contributed by atoms with Gasteiger partial charge in [0.05, 0.1) is 10.9 Å². The van der Waals surface area contributed by atoms with Gasteiger partial charge in [0.2, 0.25) is 0 Å². The third kappa shape index (κ3) is 5.77. The second-order valence-corrected chi connectivity index (χ2v) is 9.70. The zero-order chi connectivity index (χ0) is 23.3. The van der Waals surface area contributed by atoms with E-state index >= 15 is 0 Å². The minimum Gasteiger partial charge on any atom is -0.350 e. The van der Waals surface area contributed by atoms with E-state index in [-0.39, 0.29) is 22.5 Å². The molecule has 0 saturated carbocycles. The first-order chi connectivity index (χ1) is 15.9. The van der Waals surface area contributed by atoms with Crippen molar-refractivity contribution < 1.29 is 17.6 Å². The van der Waals surface area contributed by atoms with Crippen LogP contribution in [-0.2, 0) is 10.0 Å². The van der Waals surface area contributed by atoms with Gasteiger partial charge >= 0.3 is 0 Å². The molecule has 0 aliphatic carbocycles. The van der Waals surface area contributed by atoms with E-state index in [1.54, 1.807) is 0 Å². The Labute approximate surface area is 193 Å². The molecule has 4 rings (SSSR count). The van der Waals surface area contributed by atoms with Crippen LogP contribution in [0, 0.1) is 5.82 Å². The molecule has 1 heterocycles. The molecule has 1 unspecified atom stereocenters. The number of rotatable bonds is 8. The van der Waals surface area contributed by atoms with E-state index in [0.29, 0.717) is 12.1 Å². The van der Waals surface area contributed by atoms with Crippen molar-refractivity contribution in [3.8, 4) is 0 Å². The van der Waals surface area contributed by atoms with Crippen molar-refractivity contribution in [2.75, 3.05) is 24.4 Å². The van der Waals surface area contributed by atoms with E-state index in [9.17, 15) is 17.6 Å². The van der Waals surface area contributed by atoms with Gasteiger partial charge in [-0.2, -0.15) is 0 Å². The Morgan fingerprint density at radius 1 is 0.909 bits per heavy atom. The zero-order valence-corrected chi connectivity index (χ0v) is 18.9. The van der Waals surface area contributed by atoms with Crippen LogP contribution in [0.1, 0.15) is 34.8 Å². The van der Waals surface area contributed by atoms with Crippen molar-refractivity contribution in [3.05, 3.63) is 95.8 Å². The molecule has 2 N–H and O–H groups in total. The summed E-state index contributed by atoms with van der Waals surface area (Å²) in [5.41, 5.74) is 1.80. The lowest BCUT2D eigenvalue weighted by atomic mass is 10.1. The molecule has 172 valence electrons. The highest BCUT2D eigenvalue weighted by molar-refractivity contribution is 7.92. The van der Waals surface area contributed by atoms with Crippen molar-refractivity contribution >= 4 is 21.6 Å². The van der Waals surface area contributed by atoms with Crippen LogP contribution in [0.2, 0.25) is 0 Å². The molecular formula is C25H26FN3O3S. The first kappa shape index (κ1) is 22.9. The first-order valence-corrected chi connectivity index (χ1v) is 12.4. The van der Waals surface area contributed by atoms with Gasteiger partial charge in [0, 0.05) is 17.8 Å². The molecule has 0 radical (unpaired) electrons. The Bertz CT molecular complexity index is 1180. The van der Waals surface area contributed by atoms with Crippen LogP contribution in [-0.4, -0.2) is 38.9 Å². The quantitative estimate of drug-likeness (QED) is 0.521. The summed E-state index contributed by atoms with van der Waals surface area (Å²) in [5, 5.41) is 3.00. The normalized spacial score (nSPS) is 15.2. The number of hydrogen-bond donors (Lipinski definition) is 2. The number of sulfonamides is 1. The number of nitrogens with one attached hydrogen (secondary N) is 2. The van der Waals surface area contributed by atoms with E-state index in [1.807, 2.05) is 18.2 Å². The van der Waals surface area contributed by atoms with E-state index < -0.39 is 15.8 Å². The molecule has 1 aliphatic rings. The van der Waals surface area contributed by atoms with Crippen LogP contribution < -0.4 is 10.0 Å². The van der Waals surface area contributed by atoms with Gasteiger partial charge in [-0.1, -0.05) is 30.3 Å². The summed E-state index contributed by atoms with van der Waals surface area (Å²) in [6.07, 6.45) is 2.30. The Balaban J connectivity index is 1.41. The monoisotopic (exact) mass is 467 g/mol. The molecule has 0 spiro atoms. The van der Waals surface area contributed by atoms with Crippen LogP contribution in [0.3, 0.4) is 0 Å². The van der Waals surface area contributed by atoms with Crippen LogP contribution in [0.4, 0.5) is 10.1 Å². The van der Waals surface area contributed by atoms with Gasteiger partial charge in [-0.15, -0.1) is 0 Å². The number of amides is 1. The minimum atomic E-state index is -3.85. The maximum atomic E-state index is 13.0. The third-order valence-electron chi connectivity index (χ3n) is 5.74. The zero-order valence-electron chi connectivity index (χ0n) is 18.1. The summed E-state index contributed by atoms with van der Waals surface area (Å²) in [4.78, 5) is 15.1. The maximum Gasteiger partial charge on any atom is 0.261 e. The molecule has 1 atom stereocenters. The summed E-state index contributed by atoms with van der Waals surface area (Å²) < 4.78 is 40.6. The van der Waals surface area contributed by atoms with Crippen molar-refractivity contribution in [3.63, 3.8) is 0 Å². The summed E-state index contributed by atoms with van der Waals surface area (Å²) in [7, 11) is -3.85. The topological polar surface area (TPSA) is 78.5 Å². The fourth-order valence-corrected chi connectivity index (χ4v) is 5.05. The Kier molecular flexibility index (Phi) is 7.05. The lowest BCUT2D eigenvalue weighted by Crippen LogP contribution is -2.36. The standard InChI is InChI=1S/C25H26FN3O3S/c26-21-10-12-22(13-11-21)28-33(31,32)23-14-8-20(9-15-23)25(30)27-18-24(29-16-4-5-17-29)19-6-2-1-3-7-19/h1-3,6-15,24,28H,4-5,16-18H2,(H,27,30). The summed E-state index contributed by atoms with van der Waals surface area (Å²) >= 11 is 0. The molecule has 3 aromatic rings. The number of anilines is 1. The summed E-state index contributed by atoms with van der Waals surface area (Å²) in [5.74, 6) is -0.710. The Morgan fingerprint density at radius 2 is 1.55 bits per heavy atom. The second-order valence-electron chi connectivity index (χ2n) is 8.02. The fraction of sp³-hybridized carbons (Fsp3) is 0.240. The van der Waals surface area contributed by atoms with E-state index in [0.717, 1.165) is 31.5 Å². The van der Waals surface area contributed by atoms with Crippen LogP contribution in [0.5, 0.6) is 0 Å². The lowest BCUT2D eigenvalue weighted by Gasteiger charge is -2.28. The minimum absolute atomic E-state index is 0.0163. The fourth-order valence-electron chi connectivity index (χ4n) is 4.00. The highest BCUT2D eigenvalue weighted by Crippen LogP contribution is 2.24. The number of nitrogens with zero attached hydrogens (tertiary/aromatic N) is 1. The largest absolute Gasteiger partial charge is 0.350 e. The van der Waals surface area contributed by atoms with Crippen molar-refractivity contribution in [2.45, 2.75) is 23.8 Å². The van der Waals surface area contributed by atoms with Crippen molar-refractivity contribution in [1.82, 2.24) is 10.2 Å². The lowest BCUT2D eigenvalue weighted by molar-refractivity contribution is 0.0938. The SMILES string of the molecule is O=C(NCC(c1ccccc1)N1CCCC1)c1ccc(S(=O)(=O)Nc2ccc(F)cc2)cc1. The molecule has 6 nitrogen and oxygen atoms in total. The average molecular weight is 468 g/mol. The Morgan fingerprint density at radius 3 is 2.18 bits per heavy atom. The van der Waals surface area contributed by atoms with Gasteiger partial charge in [0.25, 0.3) is 15.9 Å². The third-order valence-corrected chi connectivity index (χ3v) is 7.14. The van der Waals surface area contributed by atoms with Crippen molar-refractivity contribution in [2.24, 2.45) is 0 Å². The summed E-state index contributed by atoms with van der Waals surface area (Å²) in [6.45, 7) is 2.47. The van der Waals surface area contributed by atoms with Crippen molar-refractivity contribution in [1.29, 1.82) is 0 Å². The molecule has 1 amide bonds. The number of likely N-dealkylation sites (tertiary alicyclic amines) is 1. The van der Waals surface area contributed by atoms with Gasteiger partial charge < -0.3 is 5.32 Å². The molecular weight excluding hydrogens is 441 g/mol. The maximum absolute atomic E-state index is 13.0. The molecule has 33 heavy (non-hydrogen) atoms. The molecule has 3 aromatic carbocycles. The van der Waals surface area contributed by atoms with Gasteiger partial charge in [-0.05, 0) is 80.0 Å². The van der Waals surface area contributed by atoms with Gasteiger partial charge in [-0.25, -0.2) is 12.8 Å². The second kappa shape index (κ2) is 10.1. The van der Waals surface area contributed by atoms with Crippen LogP contribution >= 0.6 is 0 Å². The molecule has 8 heteroatoms. The van der Waals surface area contributed by atoms with Gasteiger partial charge in [-0.3, -0.25) is 14.4 Å². The van der Waals surface area contributed by atoms with Crippen LogP contribution in [0.15, 0.2) is 83.8 Å². The first-order valence-electron chi connectivity index (χ1n) is 10.9. The molecule has 0 bridgehead atoms. The highest BCUT2D eigenvalue weighted by atomic mass is 32.2.